The molecule has 0 aliphatic heterocycles. The van der Waals surface area contributed by atoms with Crippen LogP contribution < -0.4 is 5.73 Å². The van der Waals surface area contributed by atoms with Crippen molar-refractivity contribution in [2.75, 3.05) is 6.54 Å². The van der Waals surface area contributed by atoms with Crippen molar-refractivity contribution in [2.24, 2.45) is 5.73 Å². The van der Waals surface area contributed by atoms with Crippen molar-refractivity contribution in [1.82, 2.24) is 0 Å². The van der Waals surface area contributed by atoms with Crippen LogP contribution in [0, 0.1) is 5.82 Å². The lowest BCUT2D eigenvalue weighted by Crippen LogP contribution is -2.22. The lowest BCUT2D eigenvalue weighted by molar-refractivity contribution is -0.138. The van der Waals surface area contributed by atoms with Crippen LogP contribution in [0.4, 0.5) is 4.39 Å². The fourth-order valence-corrected chi connectivity index (χ4v) is 1.49. The van der Waals surface area contributed by atoms with E-state index in [0.717, 1.165) is 6.07 Å². The SMILES string of the molecule is NCC(C(=O)O)c1c(O)c(O)cc(Cl)c1F. The molecular weight excluding hydrogens is 241 g/mol. The van der Waals surface area contributed by atoms with Crippen LogP contribution in [-0.2, 0) is 4.79 Å². The second-order valence-corrected chi connectivity index (χ2v) is 3.49. The topological polar surface area (TPSA) is 104 Å². The number of carbonyl (C=O) groups is 1. The highest BCUT2D eigenvalue weighted by molar-refractivity contribution is 6.31. The summed E-state index contributed by atoms with van der Waals surface area (Å²) >= 11 is 5.42. The van der Waals surface area contributed by atoms with Gasteiger partial charge in [0.05, 0.1) is 10.6 Å². The Morgan fingerprint density at radius 3 is 2.56 bits per heavy atom. The Balaban J connectivity index is 3.47. The molecule has 88 valence electrons. The number of phenols is 2. The van der Waals surface area contributed by atoms with Gasteiger partial charge >= 0.3 is 5.97 Å². The molecule has 0 bridgehead atoms. The standard InChI is InChI=1S/C9H9ClFNO4/c10-4-1-5(13)8(14)6(7(4)11)3(2-12)9(15)16/h1,3,13-14H,2,12H2,(H,15,16). The zero-order valence-corrected chi connectivity index (χ0v) is 8.70. The highest BCUT2D eigenvalue weighted by Crippen LogP contribution is 2.39. The van der Waals surface area contributed by atoms with Crippen molar-refractivity contribution in [3.63, 3.8) is 0 Å². The zero-order chi connectivity index (χ0) is 12.5. The number of benzene rings is 1. The van der Waals surface area contributed by atoms with Gasteiger partial charge in [0.15, 0.2) is 11.5 Å². The molecule has 0 amide bonds. The summed E-state index contributed by atoms with van der Waals surface area (Å²) in [6.45, 7) is -0.431. The fourth-order valence-electron chi connectivity index (χ4n) is 1.28. The van der Waals surface area contributed by atoms with Crippen molar-refractivity contribution in [3.8, 4) is 11.5 Å². The highest BCUT2D eigenvalue weighted by Gasteiger charge is 2.28. The van der Waals surface area contributed by atoms with Gasteiger partial charge in [-0.3, -0.25) is 4.79 Å². The van der Waals surface area contributed by atoms with Crippen LogP contribution in [0.25, 0.3) is 0 Å². The van der Waals surface area contributed by atoms with E-state index in [2.05, 4.69) is 0 Å². The smallest absolute Gasteiger partial charge is 0.312 e. The molecule has 0 aromatic heterocycles. The van der Waals surface area contributed by atoms with E-state index in [1.165, 1.54) is 0 Å². The molecule has 0 radical (unpaired) electrons. The van der Waals surface area contributed by atoms with Crippen LogP contribution >= 0.6 is 11.6 Å². The Bertz CT molecular complexity index is 412. The summed E-state index contributed by atoms with van der Waals surface area (Å²) in [4.78, 5) is 10.8. The van der Waals surface area contributed by atoms with E-state index in [1.54, 1.807) is 0 Å². The number of rotatable bonds is 3. The van der Waals surface area contributed by atoms with E-state index in [9.17, 15) is 19.4 Å². The highest BCUT2D eigenvalue weighted by atomic mass is 35.5. The third-order valence-corrected chi connectivity index (χ3v) is 2.36. The molecule has 1 rings (SSSR count). The van der Waals surface area contributed by atoms with Gasteiger partial charge in [0, 0.05) is 12.6 Å². The molecule has 5 nitrogen and oxygen atoms in total. The number of carboxylic acids is 1. The summed E-state index contributed by atoms with van der Waals surface area (Å²) in [5, 5.41) is 26.9. The van der Waals surface area contributed by atoms with Crippen molar-refractivity contribution in [3.05, 3.63) is 22.5 Å². The minimum atomic E-state index is -1.47. The van der Waals surface area contributed by atoms with Crippen LogP contribution in [0.15, 0.2) is 6.07 Å². The molecule has 0 heterocycles. The minimum Gasteiger partial charge on any atom is -0.504 e. The largest absolute Gasteiger partial charge is 0.504 e. The van der Waals surface area contributed by atoms with Gasteiger partial charge < -0.3 is 21.1 Å². The molecule has 0 saturated heterocycles. The van der Waals surface area contributed by atoms with Crippen LogP contribution in [0.3, 0.4) is 0 Å². The summed E-state index contributed by atoms with van der Waals surface area (Å²) in [5.74, 6) is -5.54. The molecule has 1 aromatic rings. The summed E-state index contributed by atoms with van der Waals surface area (Å²) in [6.07, 6.45) is 0. The van der Waals surface area contributed by atoms with Crippen molar-refractivity contribution >= 4 is 17.6 Å². The van der Waals surface area contributed by atoms with Crippen molar-refractivity contribution in [1.29, 1.82) is 0 Å². The molecule has 0 aliphatic carbocycles. The summed E-state index contributed by atoms with van der Waals surface area (Å²) < 4.78 is 13.5. The van der Waals surface area contributed by atoms with E-state index >= 15 is 0 Å². The zero-order valence-electron chi connectivity index (χ0n) is 7.94. The molecule has 16 heavy (non-hydrogen) atoms. The average molecular weight is 250 g/mol. The number of nitrogens with two attached hydrogens (primary N) is 1. The first-order valence-corrected chi connectivity index (χ1v) is 4.60. The van der Waals surface area contributed by atoms with Gasteiger partial charge in [-0.1, -0.05) is 11.6 Å². The third kappa shape index (κ3) is 2.02. The van der Waals surface area contributed by atoms with E-state index in [0.29, 0.717) is 0 Å². The Morgan fingerprint density at radius 2 is 2.12 bits per heavy atom. The maximum Gasteiger partial charge on any atom is 0.312 e. The quantitative estimate of drug-likeness (QED) is 0.599. The van der Waals surface area contributed by atoms with E-state index in [4.69, 9.17) is 22.4 Å². The second kappa shape index (κ2) is 4.54. The lowest BCUT2D eigenvalue weighted by Gasteiger charge is -2.14. The monoisotopic (exact) mass is 249 g/mol. The predicted octanol–water partition coefficient (Wildman–Crippen LogP) is 1.02. The maximum absolute atomic E-state index is 13.5. The number of aliphatic carboxylic acids is 1. The van der Waals surface area contributed by atoms with Gasteiger partial charge in [-0.25, -0.2) is 4.39 Å². The molecule has 0 spiro atoms. The van der Waals surface area contributed by atoms with E-state index in [1.807, 2.05) is 0 Å². The minimum absolute atomic E-state index is 0.431. The molecule has 1 aromatic carbocycles. The molecule has 7 heteroatoms. The normalized spacial score (nSPS) is 12.4. The first kappa shape index (κ1) is 12.5. The number of halogens is 2. The molecular formula is C9H9ClFNO4. The fraction of sp³-hybridized carbons (Fsp3) is 0.222. The third-order valence-electron chi connectivity index (χ3n) is 2.09. The maximum atomic E-state index is 13.5. The van der Waals surface area contributed by atoms with E-state index in [-0.39, 0.29) is 0 Å². The van der Waals surface area contributed by atoms with Crippen LogP contribution in [-0.4, -0.2) is 27.8 Å². The first-order chi connectivity index (χ1) is 7.40. The van der Waals surface area contributed by atoms with Gasteiger partial charge in [0.2, 0.25) is 0 Å². The summed E-state index contributed by atoms with van der Waals surface area (Å²) in [6, 6.07) is 0.783. The lowest BCUT2D eigenvalue weighted by atomic mass is 9.97. The second-order valence-electron chi connectivity index (χ2n) is 3.08. The summed E-state index contributed by atoms with van der Waals surface area (Å²) in [7, 11) is 0. The van der Waals surface area contributed by atoms with Gasteiger partial charge in [-0.2, -0.15) is 0 Å². The number of phenolic OH excluding ortho intramolecular Hbond substituents is 2. The van der Waals surface area contributed by atoms with Gasteiger partial charge in [0.25, 0.3) is 0 Å². The summed E-state index contributed by atoms with van der Waals surface area (Å²) in [5.41, 5.74) is 4.55. The Kier molecular flexibility index (Phi) is 3.56. The van der Waals surface area contributed by atoms with Crippen LogP contribution in [0.2, 0.25) is 5.02 Å². The predicted molar refractivity (Wildman–Crippen MR) is 54.2 cm³/mol. The van der Waals surface area contributed by atoms with E-state index < -0.39 is 46.3 Å². The molecule has 0 saturated carbocycles. The Hall–Kier alpha value is -1.53. The Morgan fingerprint density at radius 1 is 1.56 bits per heavy atom. The molecule has 1 unspecified atom stereocenters. The molecule has 1 atom stereocenters. The van der Waals surface area contributed by atoms with Crippen LogP contribution in [0.1, 0.15) is 11.5 Å². The van der Waals surface area contributed by atoms with Gasteiger partial charge in [0.1, 0.15) is 11.7 Å². The number of carboxylic acid groups (broad SMARTS) is 1. The van der Waals surface area contributed by atoms with Crippen molar-refractivity contribution in [2.45, 2.75) is 5.92 Å². The van der Waals surface area contributed by atoms with Gasteiger partial charge in [-0.15, -0.1) is 0 Å². The average Bonchev–Trinajstić information content (AvgIpc) is 2.21. The molecule has 0 fully saturated rings. The van der Waals surface area contributed by atoms with Crippen LogP contribution in [0.5, 0.6) is 11.5 Å². The van der Waals surface area contributed by atoms with Crippen molar-refractivity contribution < 1.29 is 24.5 Å². The Labute approximate surface area is 94.9 Å². The molecule has 0 aliphatic rings. The number of aromatic hydroxyl groups is 2. The van der Waals surface area contributed by atoms with Gasteiger partial charge in [-0.05, 0) is 0 Å². The molecule has 5 N–H and O–H groups in total. The number of hydrogen-bond acceptors (Lipinski definition) is 4. The first-order valence-electron chi connectivity index (χ1n) is 4.22. The number of hydrogen-bond donors (Lipinski definition) is 4.